The molecule has 2 aromatic carbocycles. The van der Waals surface area contributed by atoms with Crippen molar-refractivity contribution < 1.29 is 19.2 Å². The normalized spacial score (nSPS) is 18.7. The van der Waals surface area contributed by atoms with Crippen molar-refractivity contribution in [3.63, 3.8) is 0 Å². The van der Waals surface area contributed by atoms with E-state index < -0.39 is 17.2 Å². The maximum Gasteiger partial charge on any atom is 0.414 e. The van der Waals surface area contributed by atoms with Crippen LogP contribution < -0.4 is 15.0 Å². The van der Waals surface area contributed by atoms with Crippen molar-refractivity contribution in [3.8, 4) is 5.75 Å². The van der Waals surface area contributed by atoms with E-state index in [2.05, 4.69) is 10.3 Å². The van der Waals surface area contributed by atoms with E-state index in [1.807, 2.05) is 24.3 Å². The lowest BCUT2D eigenvalue weighted by molar-refractivity contribution is -0.384. The van der Waals surface area contributed by atoms with Crippen molar-refractivity contribution >= 4 is 29.1 Å². The van der Waals surface area contributed by atoms with Crippen molar-refractivity contribution in [1.29, 1.82) is 0 Å². The molecule has 1 aliphatic heterocycles. The molecule has 1 unspecified atom stereocenters. The summed E-state index contributed by atoms with van der Waals surface area (Å²) in [5.74, 6) is -0.0163. The summed E-state index contributed by atoms with van der Waals surface area (Å²) < 4.78 is 5.20. The van der Waals surface area contributed by atoms with Crippen LogP contribution in [0.15, 0.2) is 53.5 Å². The Labute approximate surface area is 178 Å². The Morgan fingerprint density at radius 1 is 1.16 bits per heavy atom. The number of carbonyl (C=O) groups is 2. The van der Waals surface area contributed by atoms with Gasteiger partial charge in [0, 0.05) is 30.7 Å². The molecule has 0 aromatic heterocycles. The molecule has 31 heavy (non-hydrogen) atoms. The number of anilines is 1. The van der Waals surface area contributed by atoms with Crippen molar-refractivity contribution in [1.82, 2.24) is 5.32 Å². The molecule has 4 rings (SSSR count). The number of benzodiazepines with no additional fused rings is 1. The summed E-state index contributed by atoms with van der Waals surface area (Å²) >= 11 is 0. The molecular weight excluding hydrogens is 400 g/mol. The molecular formula is C22H22N4O5. The Morgan fingerprint density at radius 2 is 1.84 bits per heavy atom. The predicted molar refractivity (Wildman–Crippen MR) is 114 cm³/mol. The summed E-state index contributed by atoms with van der Waals surface area (Å²) in [7, 11) is 1.66. The molecule has 9 nitrogen and oxygen atoms in total. The van der Waals surface area contributed by atoms with E-state index in [4.69, 9.17) is 4.74 Å². The van der Waals surface area contributed by atoms with Crippen LogP contribution in [0.3, 0.4) is 0 Å². The van der Waals surface area contributed by atoms with Crippen LogP contribution in [0, 0.1) is 16.0 Å². The van der Waals surface area contributed by atoms with Crippen molar-refractivity contribution in [2.45, 2.75) is 31.8 Å². The zero-order chi connectivity index (χ0) is 22.0. The van der Waals surface area contributed by atoms with Crippen molar-refractivity contribution in [2.75, 3.05) is 11.9 Å². The van der Waals surface area contributed by atoms with Gasteiger partial charge >= 0.3 is 6.09 Å². The number of nitrogens with zero attached hydrogens (tertiary/aromatic N) is 3. The number of nitro groups is 1. The van der Waals surface area contributed by atoms with Crippen LogP contribution in [0.25, 0.3) is 0 Å². The molecule has 0 radical (unpaired) electrons. The average Bonchev–Trinajstić information content (AvgIpc) is 3.27. The van der Waals surface area contributed by atoms with Gasteiger partial charge < -0.3 is 9.64 Å². The highest BCUT2D eigenvalue weighted by atomic mass is 16.6. The lowest BCUT2D eigenvalue weighted by Crippen LogP contribution is -2.47. The van der Waals surface area contributed by atoms with E-state index in [0.29, 0.717) is 0 Å². The molecule has 0 spiro atoms. The van der Waals surface area contributed by atoms with E-state index in [1.165, 1.54) is 29.2 Å². The fourth-order valence-corrected chi connectivity index (χ4v) is 4.05. The lowest BCUT2D eigenvalue weighted by Gasteiger charge is -2.20. The predicted octanol–water partition coefficient (Wildman–Crippen LogP) is 3.67. The minimum Gasteiger partial charge on any atom is -0.410 e. The monoisotopic (exact) mass is 422 g/mol. The Bertz CT molecular complexity index is 1040. The topological polar surface area (TPSA) is 114 Å². The van der Waals surface area contributed by atoms with Gasteiger partial charge in [0.15, 0.2) is 0 Å². The Hall–Kier alpha value is -3.75. The second-order valence-corrected chi connectivity index (χ2v) is 7.60. The highest BCUT2D eigenvalue weighted by Crippen LogP contribution is 2.34. The molecule has 160 valence electrons. The summed E-state index contributed by atoms with van der Waals surface area (Å²) in [6, 6.07) is 12.7. The second-order valence-electron chi connectivity index (χ2n) is 7.60. The molecule has 2 amide bonds. The molecule has 9 heteroatoms. The van der Waals surface area contributed by atoms with Gasteiger partial charge in [-0.15, -0.1) is 0 Å². The smallest absolute Gasteiger partial charge is 0.410 e. The summed E-state index contributed by atoms with van der Waals surface area (Å²) in [5.41, 5.74) is 2.37. The lowest BCUT2D eigenvalue weighted by atomic mass is 9.94. The van der Waals surface area contributed by atoms with Gasteiger partial charge in [0.05, 0.1) is 16.3 Å². The first kappa shape index (κ1) is 20.5. The number of hydrogen-bond donors (Lipinski definition) is 1. The molecule has 1 aliphatic carbocycles. The maximum atomic E-state index is 13.0. The number of nitro benzene ring substituents is 1. The summed E-state index contributed by atoms with van der Waals surface area (Å²) in [5, 5.41) is 13.3. The Balaban J connectivity index is 1.58. The Kier molecular flexibility index (Phi) is 5.66. The number of carbonyl (C=O) groups excluding carboxylic acids is 2. The Morgan fingerprint density at radius 3 is 2.52 bits per heavy atom. The van der Waals surface area contributed by atoms with E-state index in [1.54, 1.807) is 7.05 Å². The largest absolute Gasteiger partial charge is 0.414 e. The standard InChI is InChI=1S/C22H22N4O5/c1-25-18-9-5-4-8-17(18)19(14-6-2-3-7-14)23-20(21(25)27)24-22(28)31-16-12-10-15(11-13-16)26(29)30/h4-5,8-14,20H,2-3,6-7H2,1H3,(H,24,28). The first-order valence-electron chi connectivity index (χ1n) is 10.1. The van der Waals surface area contributed by atoms with Crippen LogP contribution in [0.2, 0.25) is 0 Å². The van der Waals surface area contributed by atoms with Gasteiger partial charge in [0.2, 0.25) is 6.17 Å². The third kappa shape index (κ3) is 4.25. The van der Waals surface area contributed by atoms with E-state index in [-0.39, 0.29) is 23.3 Å². The van der Waals surface area contributed by atoms with Crippen LogP contribution in [0.5, 0.6) is 5.75 Å². The van der Waals surface area contributed by atoms with Gasteiger partial charge in [0.25, 0.3) is 11.6 Å². The number of likely N-dealkylation sites (N-methyl/N-ethyl adjacent to an activating group) is 1. The van der Waals surface area contributed by atoms with Gasteiger partial charge in [-0.05, 0) is 31.0 Å². The minimum atomic E-state index is -1.13. The molecule has 2 aromatic rings. The molecule has 0 bridgehead atoms. The average molecular weight is 422 g/mol. The molecule has 1 heterocycles. The third-order valence-electron chi connectivity index (χ3n) is 5.63. The number of nitrogens with one attached hydrogen (secondary N) is 1. The third-order valence-corrected chi connectivity index (χ3v) is 5.63. The fourth-order valence-electron chi connectivity index (χ4n) is 4.05. The second kappa shape index (κ2) is 8.55. The summed E-state index contributed by atoms with van der Waals surface area (Å²) in [6.07, 6.45) is 2.21. The summed E-state index contributed by atoms with van der Waals surface area (Å²) in [6.45, 7) is 0. The molecule has 1 N–H and O–H groups in total. The summed E-state index contributed by atoms with van der Waals surface area (Å²) in [4.78, 5) is 41.9. The SMILES string of the molecule is CN1C(=O)C(NC(=O)Oc2ccc([N+](=O)[O-])cc2)N=C(C2CCCC2)c2ccccc21. The highest BCUT2D eigenvalue weighted by molar-refractivity contribution is 6.13. The van der Waals surface area contributed by atoms with Crippen molar-refractivity contribution in [2.24, 2.45) is 10.9 Å². The number of aliphatic imine (C=N–C) groups is 1. The van der Waals surface area contributed by atoms with E-state index in [0.717, 1.165) is 42.6 Å². The zero-order valence-electron chi connectivity index (χ0n) is 17.0. The fraction of sp³-hybridized carbons (Fsp3) is 0.318. The van der Waals surface area contributed by atoms with Gasteiger partial charge in [-0.1, -0.05) is 31.0 Å². The highest BCUT2D eigenvalue weighted by Gasteiger charge is 2.34. The van der Waals surface area contributed by atoms with Crippen LogP contribution >= 0.6 is 0 Å². The molecule has 1 fully saturated rings. The quantitative estimate of drug-likeness (QED) is 0.596. The number of fused-ring (bicyclic) bond motifs is 1. The van der Waals surface area contributed by atoms with Gasteiger partial charge in [-0.2, -0.15) is 0 Å². The first-order chi connectivity index (χ1) is 14.9. The number of rotatable bonds is 4. The maximum absolute atomic E-state index is 13.0. The van der Waals surface area contributed by atoms with E-state index >= 15 is 0 Å². The minimum absolute atomic E-state index is 0.114. The molecule has 1 saturated carbocycles. The zero-order valence-corrected chi connectivity index (χ0v) is 17.0. The van der Waals surface area contributed by atoms with Crippen LogP contribution in [0.4, 0.5) is 16.2 Å². The van der Waals surface area contributed by atoms with Crippen LogP contribution in [-0.4, -0.2) is 35.8 Å². The van der Waals surface area contributed by atoms with Crippen LogP contribution in [0.1, 0.15) is 31.2 Å². The molecule has 0 saturated heterocycles. The molecule has 2 aliphatic rings. The first-order valence-corrected chi connectivity index (χ1v) is 10.1. The molecule has 1 atom stereocenters. The number of non-ortho nitro benzene ring substituents is 1. The number of benzene rings is 2. The van der Waals surface area contributed by atoms with Gasteiger partial charge in [-0.3, -0.25) is 25.2 Å². The van der Waals surface area contributed by atoms with E-state index in [9.17, 15) is 19.7 Å². The number of para-hydroxylation sites is 1. The van der Waals surface area contributed by atoms with Crippen molar-refractivity contribution in [3.05, 3.63) is 64.2 Å². The van der Waals surface area contributed by atoms with Gasteiger partial charge in [0.1, 0.15) is 5.75 Å². The number of ether oxygens (including phenoxy) is 1. The number of amides is 2. The number of hydrogen-bond acceptors (Lipinski definition) is 6. The van der Waals surface area contributed by atoms with Gasteiger partial charge in [-0.25, -0.2) is 4.79 Å². The van der Waals surface area contributed by atoms with Crippen LogP contribution in [-0.2, 0) is 4.79 Å².